The van der Waals surface area contributed by atoms with Gasteiger partial charge in [0.15, 0.2) is 9.84 Å². The van der Waals surface area contributed by atoms with Crippen LogP contribution in [0.5, 0.6) is 0 Å². The summed E-state index contributed by atoms with van der Waals surface area (Å²) in [5, 5.41) is 0. The first-order valence-corrected chi connectivity index (χ1v) is 12.8. The van der Waals surface area contributed by atoms with Crippen molar-refractivity contribution in [2.45, 2.75) is 42.5 Å². The fraction of sp³-hybridized carbons (Fsp3) is 0.391. The monoisotopic (exact) mass is 496 g/mol. The fourth-order valence-corrected chi connectivity index (χ4v) is 6.79. The molecule has 0 N–H and O–H groups in total. The molecule has 1 aliphatic heterocycles. The van der Waals surface area contributed by atoms with Crippen LogP contribution in [-0.2, 0) is 16.0 Å². The summed E-state index contributed by atoms with van der Waals surface area (Å²) >= 11 is 1.49. The van der Waals surface area contributed by atoms with E-state index in [4.69, 9.17) is 0 Å². The van der Waals surface area contributed by atoms with Crippen LogP contribution in [0.3, 0.4) is 0 Å². The number of hydrogen-bond acceptors (Lipinski definition) is 5. The number of hydrogen-bond donors (Lipinski definition) is 0. The van der Waals surface area contributed by atoms with E-state index < -0.39 is 26.3 Å². The number of fused-ring (bicyclic) bond motifs is 1. The molecule has 1 amide bonds. The number of halogens is 3. The number of nitrogens with zero attached hydrogens (tertiary/aromatic N) is 2. The number of piperidine rings is 1. The highest BCUT2D eigenvalue weighted by Gasteiger charge is 2.45. The van der Waals surface area contributed by atoms with Crippen molar-refractivity contribution >= 4 is 37.3 Å². The van der Waals surface area contributed by atoms with Crippen LogP contribution >= 0.6 is 11.3 Å². The summed E-state index contributed by atoms with van der Waals surface area (Å²) < 4.78 is 65.6. The second-order valence-corrected chi connectivity index (χ2v) is 12.2. The molecule has 33 heavy (non-hydrogen) atoms. The molecule has 0 radical (unpaired) electrons. The summed E-state index contributed by atoms with van der Waals surface area (Å²) in [6.07, 6.45) is -3.74. The summed E-state index contributed by atoms with van der Waals surface area (Å²) in [6, 6.07) is 9.26. The number of likely N-dealkylation sites (tertiary alicyclic amines) is 1. The molecule has 1 saturated heterocycles. The van der Waals surface area contributed by atoms with E-state index in [1.54, 1.807) is 36.4 Å². The average Bonchev–Trinajstić information content (AvgIpc) is 3.26. The van der Waals surface area contributed by atoms with Crippen molar-refractivity contribution in [2.75, 3.05) is 13.1 Å². The number of rotatable bonds is 4. The second-order valence-electron chi connectivity index (χ2n) is 8.73. The molecule has 0 unspecified atom stereocenters. The normalized spacial score (nSPS) is 16.3. The maximum Gasteiger partial charge on any atom is 0.416 e. The second kappa shape index (κ2) is 8.39. The van der Waals surface area contributed by atoms with E-state index in [1.807, 2.05) is 6.07 Å². The van der Waals surface area contributed by atoms with E-state index in [0.29, 0.717) is 37.6 Å². The molecule has 2 aromatic carbocycles. The highest BCUT2D eigenvalue weighted by molar-refractivity contribution is 7.92. The lowest BCUT2D eigenvalue weighted by Crippen LogP contribution is -2.47. The van der Waals surface area contributed by atoms with Gasteiger partial charge in [-0.3, -0.25) is 4.79 Å². The van der Waals surface area contributed by atoms with E-state index in [9.17, 15) is 26.4 Å². The molecular formula is C23H23F3N2O3S2. The molecule has 0 aliphatic carbocycles. The minimum Gasteiger partial charge on any atom is -0.339 e. The molecule has 0 atom stereocenters. The number of sulfone groups is 1. The first kappa shape index (κ1) is 23.7. The van der Waals surface area contributed by atoms with Crippen LogP contribution in [-0.4, -0.2) is 42.0 Å². The quantitative estimate of drug-likeness (QED) is 0.484. The van der Waals surface area contributed by atoms with Gasteiger partial charge in [-0.15, -0.1) is 11.3 Å². The first-order valence-electron chi connectivity index (χ1n) is 10.5. The van der Waals surface area contributed by atoms with Crippen molar-refractivity contribution in [1.29, 1.82) is 0 Å². The van der Waals surface area contributed by atoms with Gasteiger partial charge in [0.25, 0.3) is 5.91 Å². The molecule has 0 spiro atoms. The third kappa shape index (κ3) is 4.38. The molecule has 0 saturated carbocycles. The molecule has 1 aromatic heterocycles. The summed E-state index contributed by atoms with van der Waals surface area (Å²) in [7, 11) is -4.04. The van der Waals surface area contributed by atoms with Crippen molar-refractivity contribution in [2.24, 2.45) is 5.92 Å². The Bertz CT molecular complexity index is 1290. The van der Waals surface area contributed by atoms with Gasteiger partial charge in [0.05, 0.1) is 30.9 Å². The highest BCUT2D eigenvalue weighted by atomic mass is 32.2. The van der Waals surface area contributed by atoms with E-state index in [0.717, 1.165) is 22.3 Å². The molecule has 10 heteroatoms. The highest BCUT2D eigenvalue weighted by Crippen LogP contribution is 2.39. The van der Waals surface area contributed by atoms with Crippen molar-refractivity contribution < 1.29 is 26.4 Å². The zero-order valence-corrected chi connectivity index (χ0v) is 19.7. The van der Waals surface area contributed by atoms with E-state index >= 15 is 0 Å². The van der Waals surface area contributed by atoms with Crippen molar-refractivity contribution in [3.05, 3.63) is 59.1 Å². The topological polar surface area (TPSA) is 67.3 Å². The lowest BCUT2D eigenvalue weighted by atomic mass is 9.85. The van der Waals surface area contributed by atoms with Crippen LogP contribution < -0.4 is 0 Å². The fourth-order valence-electron chi connectivity index (χ4n) is 4.31. The molecule has 1 fully saturated rings. The maximum absolute atomic E-state index is 13.3. The third-order valence-corrected chi connectivity index (χ3v) is 9.91. The predicted octanol–water partition coefficient (Wildman–Crippen LogP) is 5.42. The Hall–Kier alpha value is -2.46. The maximum atomic E-state index is 13.3. The van der Waals surface area contributed by atoms with Crippen LogP contribution in [0.25, 0.3) is 10.2 Å². The van der Waals surface area contributed by atoms with Gasteiger partial charge in [0.2, 0.25) is 0 Å². The first-order chi connectivity index (χ1) is 15.4. The summed E-state index contributed by atoms with van der Waals surface area (Å²) in [5.74, 6) is -0.441. The molecule has 1 aliphatic rings. The Labute approximate surface area is 194 Å². The Balaban J connectivity index is 1.49. The van der Waals surface area contributed by atoms with E-state index in [-0.39, 0.29) is 16.7 Å². The van der Waals surface area contributed by atoms with Crippen LogP contribution in [0.15, 0.2) is 52.9 Å². The summed E-state index contributed by atoms with van der Waals surface area (Å²) in [5.41, 5.74) is 2.02. The van der Waals surface area contributed by atoms with Gasteiger partial charge >= 0.3 is 6.18 Å². The summed E-state index contributed by atoms with van der Waals surface area (Å²) in [4.78, 5) is 18.5. The van der Waals surface area contributed by atoms with E-state index in [2.05, 4.69) is 4.98 Å². The van der Waals surface area contributed by atoms with Crippen LogP contribution in [0.1, 0.15) is 42.6 Å². The zero-order valence-electron chi connectivity index (χ0n) is 18.1. The van der Waals surface area contributed by atoms with E-state index in [1.165, 1.54) is 17.4 Å². The molecule has 0 bridgehead atoms. The van der Waals surface area contributed by atoms with Crippen molar-refractivity contribution in [3.8, 4) is 0 Å². The molecule has 3 aromatic rings. The molecule has 2 heterocycles. The smallest absolute Gasteiger partial charge is 0.339 e. The van der Waals surface area contributed by atoms with Gasteiger partial charge in [0.1, 0.15) is 0 Å². The minimum absolute atomic E-state index is 0.137. The van der Waals surface area contributed by atoms with Crippen LogP contribution in [0.4, 0.5) is 13.2 Å². The number of thiazole rings is 1. The number of carbonyl (C=O) groups excluding carboxylic acids is 1. The lowest BCUT2D eigenvalue weighted by Gasteiger charge is -2.40. The number of amides is 1. The number of benzene rings is 2. The van der Waals surface area contributed by atoms with Crippen LogP contribution in [0.2, 0.25) is 0 Å². The van der Waals surface area contributed by atoms with Gasteiger partial charge in [-0.1, -0.05) is 6.07 Å². The van der Waals surface area contributed by atoms with Crippen molar-refractivity contribution in [3.63, 3.8) is 0 Å². The Morgan fingerprint density at radius 1 is 1.09 bits per heavy atom. The largest absolute Gasteiger partial charge is 0.416 e. The van der Waals surface area contributed by atoms with Gasteiger partial charge in [0, 0.05) is 18.7 Å². The zero-order chi connectivity index (χ0) is 24.0. The molecule has 5 nitrogen and oxygen atoms in total. The number of carbonyl (C=O) groups is 1. The lowest BCUT2D eigenvalue weighted by molar-refractivity contribution is -0.137. The van der Waals surface area contributed by atoms with Gasteiger partial charge in [-0.2, -0.15) is 13.2 Å². The molecule has 4 rings (SSSR count). The number of aromatic nitrogens is 1. The SMILES string of the molecule is CC(C)(C1CCN(C(=O)c2ccc3scnc3c2)CC1)S(=O)(=O)c1cccc(C(F)(F)F)c1. The minimum atomic E-state index is -4.62. The Kier molecular flexibility index (Phi) is 6.03. The van der Waals surface area contributed by atoms with Crippen LogP contribution in [0, 0.1) is 5.92 Å². The van der Waals surface area contributed by atoms with Gasteiger partial charge < -0.3 is 4.90 Å². The molecule has 176 valence electrons. The van der Waals surface area contributed by atoms with Gasteiger partial charge in [-0.25, -0.2) is 13.4 Å². The average molecular weight is 497 g/mol. The Morgan fingerprint density at radius 2 is 1.79 bits per heavy atom. The van der Waals surface area contributed by atoms with Gasteiger partial charge in [-0.05, 0) is 69.0 Å². The predicted molar refractivity (Wildman–Crippen MR) is 121 cm³/mol. The summed E-state index contributed by atoms with van der Waals surface area (Å²) in [6.45, 7) is 3.86. The standard InChI is InChI=1S/C23H23F3N2O3S2/c1-22(2,33(30,31)18-5-3-4-17(13-18)23(24,25)26)16-8-10-28(11-9-16)21(29)15-6-7-20-19(12-15)27-14-32-20/h3-7,12-14,16H,8-11H2,1-2H3. The molecular weight excluding hydrogens is 473 g/mol. The third-order valence-electron chi connectivity index (χ3n) is 6.51. The van der Waals surface area contributed by atoms with Crippen molar-refractivity contribution in [1.82, 2.24) is 9.88 Å². The Morgan fingerprint density at radius 3 is 2.45 bits per heavy atom. The number of alkyl halides is 3.